The molecule has 1 amide bonds. The topological polar surface area (TPSA) is 86.5 Å². The van der Waals surface area contributed by atoms with Crippen LogP contribution in [0.5, 0.6) is 11.5 Å². The predicted molar refractivity (Wildman–Crippen MR) is 116 cm³/mol. The Morgan fingerprint density at radius 3 is 2.16 bits per heavy atom. The molecular weight excluding hydrogens is 394 g/mol. The summed E-state index contributed by atoms with van der Waals surface area (Å²) in [5.41, 5.74) is 3.45. The molecule has 7 heteroatoms. The second kappa shape index (κ2) is 9.13. The number of ether oxygens (including phenoxy) is 2. The van der Waals surface area contributed by atoms with Crippen molar-refractivity contribution >= 4 is 11.9 Å². The Morgan fingerprint density at radius 2 is 1.52 bits per heavy atom. The molecular formula is C24H21N3O4. The number of benzene rings is 3. The third-order valence-electron chi connectivity index (χ3n) is 4.71. The van der Waals surface area contributed by atoms with Crippen LogP contribution in [0.1, 0.15) is 21.5 Å². The predicted octanol–water partition coefficient (Wildman–Crippen LogP) is 4.60. The number of rotatable bonds is 7. The third-order valence-corrected chi connectivity index (χ3v) is 4.71. The smallest absolute Gasteiger partial charge is 0.322 e. The Hall–Kier alpha value is -4.13. The lowest BCUT2D eigenvalue weighted by Gasteiger charge is -2.06. The van der Waals surface area contributed by atoms with Gasteiger partial charge in [0.05, 0.1) is 14.2 Å². The summed E-state index contributed by atoms with van der Waals surface area (Å²) in [6.07, 6.45) is 0.805. The van der Waals surface area contributed by atoms with Gasteiger partial charge in [0.25, 0.3) is 5.91 Å². The number of nitrogens with zero attached hydrogens (tertiary/aromatic N) is 2. The van der Waals surface area contributed by atoms with E-state index in [9.17, 15) is 4.79 Å². The Bertz CT molecular complexity index is 1150. The van der Waals surface area contributed by atoms with E-state index < -0.39 is 0 Å². The highest BCUT2D eigenvalue weighted by molar-refractivity contribution is 6.03. The Labute approximate surface area is 179 Å². The van der Waals surface area contributed by atoms with Crippen LogP contribution in [-0.4, -0.2) is 30.3 Å². The van der Waals surface area contributed by atoms with Crippen LogP contribution in [0.2, 0.25) is 0 Å². The van der Waals surface area contributed by atoms with Crippen molar-refractivity contribution in [1.82, 2.24) is 10.2 Å². The number of methoxy groups -OCH3 is 2. The molecule has 0 spiro atoms. The maximum absolute atomic E-state index is 12.6. The molecule has 156 valence electrons. The SMILES string of the molecule is COc1cc(OC)cc(-c2nnc(NC(=O)c3ccc(Cc4ccccc4)cc3)o2)c1. The van der Waals surface area contributed by atoms with Gasteiger partial charge in [0.2, 0.25) is 5.89 Å². The van der Waals surface area contributed by atoms with E-state index >= 15 is 0 Å². The molecule has 4 aromatic rings. The van der Waals surface area contributed by atoms with Gasteiger partial charge in [0.1, 0.15) is 11.5 Å². The Balaban J connectivity index is 1.44. The van der Waals surface area contributed by atoms with Crippen LogP contribution in [-0.2, 0) is 6.42 Å². The summed E-state index contributed by atoms with van der Waals surface area (Å²) in [6, 6.07) is 22.8. The molecule has 0 unspecified atom stereocenters. The zero-order valence-corrected chi connectivity index (χ0v) is 17.2. The largest absolute Gasteiger partial charge is 0.497 e. The maximum atomic E-state index is 12.6. The number of carbonyl (C=O) groups excluding carboxylic acids is 1. The lowest BCUT2D eigenvalue weighted by Crippen LogP contribution is -2.12. The second-order valence-corrected chi connectivity index (χ2v) is 6.83. The fourth-order valence-electron chi connectivity index (χ4n) is 3.10. The minimum Gasteiger partial charge on any atom is -0.497 e. The van der Waals surface area contributed by atoms with Crippen molar-refractivity contribution in [2.75, 3.05) is 19.5 Å². The summed E-state index contributed by atoms with van der Waals surface area (Å²) >= 11 is 0. The molecule has 1 N–H and O–H groups in total. The van der Waals surface area contributed by atoms with Gasteiger partial charge in [-0.2, -0.15) is 0 Å². The second-order valence-electron chi connectivity index (χ2n) is 6.83. The average Bonchev–Trinajstić information content (AvgIpc) is 3.28. The first-order valence-corrected chi connectivity index (χ1v) is 9.66. The van der Waals surface area contributed by atoms with Crippen LogP contribution in [0.3, 0.4) is 0 Å². The molecule has 1 heterocycles. The molecule has 3 aromatic carbocycles. The van der Waals surface area contributed by atoms with Crippen molar-refractivity contribution in [2.45, 2.75) is 6.42 Å². The number of anilines is 1. The molecule has 0 bridgehead atoms. The first kappa shape index (κ1) is 20.2. The summed E-state index contributed by atoms with van der Waals surface area (Å²) < 4.78 is 16.1. The average molecular weight is 415 g/mol. The summed E-state index contributed by atoms with van der Waals surface area (Å²) in [6.45, 7) is 0. The summed E-state index contributed by atoms with van der Waals surface area (Å²) in [4.78, 5) is 12.6. The zero-order valence-electron chi connectivity index (χ0n) is 17.2. The fraction of sp³-hybridized carbons (Fsp3) is 0.125. The van der Waals surface area contributed by atoms with Gasteiger partial charge in [-0.05, 0) is 41.8 Å². The molecule has 7 nitrogen and oxygen atoms in total. The molecule has 4 rings (SSSR count). The van der Waals surface area contributed by atoms with Gasteiger partial charge >= 0.3 is 6.01 Å². The quantitative estimate of drug-likeness (QED) is 0.475. The molecule has 0 aliphatic rings. The van der Waals surface area contributed by atoms with Crippen LogP contribution < -0.4 is 14.8 Å². The normalized spacial score (nSPS) is 10.5. The van der Waals surface area contributed by atoms with E-state index in [1.54, 1.807) is 44.6 Å². The Kier molecular flexibility index (Phi) is 5.93. The molecule has 0 aliphatic carbocycles. The van der Waals surface area contributed by atoms with Gasteiger partial charge in [0, 0.05) is 17.2 Å². The standard InChI is InChI=1S/C24H21N3O4/c1-29-20-13-19(14-21(15-20)30-2)23-26-27-24(31-23)25-22(28)18-10-8-17(9-11-18)12-16-6-4-3-5-7-16/h3-11,13-15H,12H2,1-2H3,(H,25,27,28). The molecule has 1 aromatic heterocycles. The monoisotopic (exact) mass is 415 g/mol. The van der Waals surface area contributed by atoms with Crippen LogP contribution in [0.15, 0.2) is 77.2 Å². The lowest BCUT2D eigenvalue weighted by molar-refractivity contribution is 0.102. The number of amides is 1. The van der Waals surface area contributed by atoms with Crippen LogP contribution >= 0.6 is 0 Å². The highest BCUT2D eigenvalue weighted by Crippen LogP contribution is 2.29. The summed E-state index contributed by atoms with van der Waals surface area (Å²) in [7, 11) is 3.12. The highest BCUT2D eigenvalue weighted by atomic mass is 16.5. The minimum absolute atomic E-state index is 0.00940. The lowest BCUT2D eigenvalue weighted by atomic mass is 10.0. The minimum atomic E-state index is -0.329. The molecule has 0 atom stereocenters. The van der Waals surface area contributed by atoms with Crippen LogP contribution in [0.25, 0.3) is 11.5 Å². The van der Waals surface area contributed by atoms with Crippen molar-refractivity contribution in [2.24, 2.45) is 0 Å². The number of nitrogens with one attached hydrogen (secondary N) is 1. The van der Waals surface area contributed by atoms with E-state index in [4.69, 9.17) is 13.9 Å². The third kappa shape index (κ3) is 4.90. The molecule has 0 radical (unpaired) electrons. The van der Waals surface area contributed by atoms with Gasteiger partial charge in [-0.25, -0.2) is 0 Å². The van der Waals surface area contributed by atoms with E-state index in [1.807, 2.05) is 30.3 Å². The van der Waals surface area contributed by atoms with Gasteiger partial charge < -0.3 is 13.9 Å². The zero-order chi connectivity index (χ0) is 21.6. The number of aromatic nitrogens is 2. The van der Waals surface area contributed by atoms with Crippen LogP contribution in [0.4, 0.5) is 6.01 Å². The molecule has 0 fully saturated rings. The first-order chi connectivity index (χ1) is 15.1. The maximum Gasteiger partial charge on any atom is 0.322 e. The van der Waals surface area contributed by atoms with E-state index in [2.05, 4.69) is 27.6 Å². The van der Waals surface area contributed by atoms with Crippen molar-refractivity contribution in [1.29, 1.82) is 0 Å². The van der Waals surface area contributed by atoms with Gasteiger partial charge in [0.15, 0.2) is 0 Å². The van der Waals surface area contributed by atoms with Gasteiger partial charge in [-0.3, -0.25) is 10.1 Å². The Morgan fingerprint density at radius 1 is 0.871 bits per heavy atom. The summed E-state index contributed by atoms with van der Waals surface area (Å²) in [5, 5.41) is 10.5. The van der Waals surface area contributed by atoms with Crippen molar-refractivity contribution < 1.29 is 18.7 Å². The van der Waals surface area contributed by atoms with Crippen molar-refractivity contribution in [3.05, 3.63) is 89.5 Å². The number of hydrogen-bond donors (Lipinski definition) is 1. The van der Waals surface area contributed by atoms with Gasteiger partial charge in [-0.1, -0.05) is 47.6 Å². The fourth-order valence-corrected chi connectivity index (χ4v) is 3.10. The van der Waals surface area contributed by atoms with Crippen molar-refractivity contribution in [3.8, 4) is 23.0 Å². The number of hydrogen-bond acceptors (Lipinski definition) is 6. The molecule has 0 aliphatic heterocycles. The first-order valence-electron chi connectivity index (χ1n) is 9.66. The molecule has 0 saturated carbocycles. The highest BCUT2D eigenvalue weighted by Gasteiger charge is 2.14. The molecule has 31 heavy (non-hydrogen) atoms. The van der Waals surface area contributed by atoms with E-state index in [-0.39, 0.29) is 17.8 Å². The van der Waals surface area contributed by atoms with Crippen LogP contribution in [0, 0.1) is 0 Å². The van der Waals surface area contributed by atoms with Crippen molar-refractivity contribution in [3.63, 3.8) is 0 Å². The van der Waals surface area contributed by atoms with E-state index in [1.165, 1.54) is 5.56 Å². The summed E-state index contributed by atoms with van der Waals surface area (Å²) in [5.74, 6) is 1.10. The number of carbonyl (C=O) groups is 1. The van der Waals surface area contributed by atoms with Gasteiger partial charge in [-0.15, -0.1) is 5.10 Å². The van der Waals surface area contributed by atoms with E-state index in [0.717, 1.165) is 12.0 Å². The molecule has 0 saturated heterocycles. The van der Waals surface area contributed by atoms with E-state index in [0.29, 0.717) is 22.6 Å².